The zero-order chi connectivity index (χ0) is 14.1. The number of halogens is 1. The van der Waals surface area contributed by atoms with Crippen molar-refractivity contribution >= 4 is 11.6 Å². The SMILES string of the molecule is O=C(Nc1c[nH]ccc1=O)C1Cc2cc(F)ccc2O1. The molecule has 2 N–H and O–H groups in total. The number of fused-ring (bicyclic) bond motifs is 1. The van der Waals surface area contributed by atoms with Gasteiger partial charge in [-0.25, -0.2) is 4.39 Å². The number of amides is 1. The van der Waals surface area contributed by atoms with Crippen molar-refractivity contribution in [2.75, 3.05) is 5.32 Å². The van der Waals surface area contributed by atoms with Gasteiger partial charge in [0.1, 0.15) is 17.3 Å². The summed E-state index contributed by atoms with van der Waals surface area (Å²) < 4.78 is 18.5. The Morgan fingerprint density at radius 3 is 3.05 bits per heavy atom. The summed E-state index contributed by atoms with van der Waals surface area (Å²) in [5, 5.41) is 2.50. The first-order chi connectivity index (χ1) is 9.63. The number of aromatic amines is 1. The van der Waals surface area contributed by atoms with E-state index in [9.17, 15) is 14.0 Å². The lowest BCUT2D eigenvalue weighted by molar-refractivity contribution is -0.122. The van der Waals surface area contributed by atoms with Gasteiger partial charge in [0.15, 0.2) is 6.10 Å². The molecule has 1 unspecified atom stereocenters. The van der Waals surface area contributed by atoms with Crippen LogP contribution in [0.15, 0.2) is 41.5 Å². The maximum Gasteiger partial charge on any atom is 0.265 e. The van der Waals surface area contributed by atoms with Crippen molar-refractivity contribution in [2.24, 2.45) is 0 Å². The average molecular weight is 274 g/mol. The van der Waals surface area contributed by atoms with Gasteiger partial charge < -0.3 is 15.0 Å². The molecule has 6 heteroatoms. The van der Waals surface area contributed by atoms with Gasteiger partial charge in [-0.2, -0.15) is 0 Å². The number of carbonyl (C=O) groups excluding carboxylic acids is 1. The number of rotatable bonds is 2. The molecule has 1 aliphatic heterocycles. The van der Waals surface area contributed by atoms with E-state index in [1.807, 2.05) is 0 Å². The van der Waals surface area contributed by atoms with Gasteiger partial charge in [0.25, 0.3) is 5.91 Å². The first-order valence-corrected chi connectivity index (χ1v) is 6.06. The Morgan fingerprint density at radius 1 is 1.40 bits per heavy atom. The van der Waals surface area contributed by atoms with Crippen LogP contribution in [0.25, 0.3) is 0 Å². The molecule has 0 saturated carbocycles. The van der Waals surface area contributed by atoms with Crippen molar-refractivity contribution in [3.63, 3.8) is 0 Å². The molecule has 0 radical (unpaired) electrons. The number of H-pyrrole nitrogens is 1. The number of benzene rings is 1. The van der Waals surface area contributed by atoms with Crippen molar-refractivity contribution in [1.29, 1.82) is 0 Å². The standard InChI is InChI=1S/C14H11FN2O3/c15-9-1-2-12-8(5-9)6-13(20-12)14(19)17-10-7-16-4-3-11(10)18/h1-5,7,13H,6H2,(H,16,18)(H,17,19). The highest BCUT2D eigenvalue weighted by Crippen LogP contribution is 2.29. The van der Waals surface area contributed by atoms with Gasteiger partial charge in [-0.3, -0.25) is 9.59 Å². The van der Waals surface area contributed by atoms with Gasteiger partial charge in [-0.05, 0) is 18.2 Å². The quantitative estimate of drug-likeness (QED) is 0.870. The van der Waals surface area contributed by atoms with Crippen LogP contribution in [0.3, 0.4) is 0 Å². The first-order valence-electron chi connectivity index (χ1n) is 6.06. The fourth-order valence-corrected chi connectivity index (χ4v) is 2.09. The number of pyridine rings is 1. The molecule has 20 heavy (non-hydrogen) atoms. The summed E-state index contributed by atoms with van der Waals surface area (Å²) >= 11 is 0. The Hall–Kier alpha value is -2.63. The lowest BCUT2D eigenvalue weighted by atomic mass is 10.1. The van der Waals surface area contributed by atoms with Crippen LogP contribution in [0, 0.1) is 5.82 Å². The molecule has 5 nitrogen and oxygen atoms in total. The van der Waals surface area contributed by atoms with E-state index < -0.39 is 12.0 Å². The zero-order valence-corrected chi connectivity index (χ0v) is 10.4. The summed E-state index contributed by atoms with van der Waals surface area (Å²) in [6, 6.07) is 5.43. The molecule has 1 aromatic carbocycles. The molecule has 3 rings (SSSR count). The summed E-state index contributed by atoms with van der Waals surface area (Å²) in [5.74, 6) is -0.306. The second-order valence-electron chi connectivity index (χ2n) is 4.47. The highest BCUT2D eigenvalue weighted by atomic mass is 19.1. The minimum atomic E-state index is -0.758. The molecule has 102 valence electrons. The van der Waals surface area contributed by atoms with Gasteiger partial charge in [0.05, 0.1) is 0 Å². The number of nitrogens with one attached hydrogen (secondary N) is 2. The predicted octanol–water partition coefficient (Wildman–Crippen LogP) is 1.46. The van der Waals surface area contributed by atoms with E-state index in [1.165, 1.54) is 36.7 Å². The molecule has 0 bridgehead atoms. The zero-order valence-electron chi connectivity index (χ0n) is 10.4. The summed E-state index contributed by atoms with van der Waals surface area (Å²) in [5.41, 5.74) is 0.508. The summed E-state index contributed by atoms with van der Waals surface area (Å²) in [6.45, 7) is 0. The molecular formula is C14H11FN2O3. The molecule has 2 heterocycles. The number of aromatic nitrogens is 1. The van der Waals surface area contributed by atoms with Gasteiger partial charge in [0.2, 0.25) is 5.43 Å². The molecule has 1 amide bonds. The average Bonchev–Trinajstić information content (AvgIpc) is 2.84. The van der Waals surface area contributed by atoms with Crippen LogP contribution in [-0.4, -0.2) is 17.0 Å². The molecular weight excluding hydrogens is 263 g/mol. The van der Waals surface area contributed by atoms with E-state index in [0.29, 0.717) is 11.3 Å². The van der Waals surface area contributed by atoms with Crippen molar-refractivity contribution in [1.82, 2.24) is 4.98 Å². The van der Waals surface area contributed by atoms with Crippen LogP contribution >= 0.6 is 0 Å². The largest absolute Gasteiger partial charge is 0.480 e. The molecule has 0 aliphatic carbocycles. The fraction of sp³-hybridized carbons (Fsp3) is 0.143. The van der Waals surface area contributed by atoms with E-state index in [2.05, 4.69) is 10.3 Å². The smallest absolute Gasteiger partial charge is 0.265 e. The number of carbonyl (C=O) groups is 1. The highest BCUT2D eigenvalue weighted by molar-refractivity contribution is 5.94. The van der Waals surface area contributed by atoms with Crippen molar-refractivity contribution in [2.45, 2.75) is 12.5 Å². The van der Waals surface area contributed by atoms with Gasteiger partial charge >= 0.3 is 0 Å². The van der Waals surface area contributed by atoms with Gasteiger partial charge in [-0.1, -0.05) is 0 Å². The lowest BCUT2D eigenvalue weighted by Crippen LogP contribution is -2.33. The molecule has 1 atom stereocenters. The minimum Gasteiger partial charge on any atom is -0.480 e. The predicted molar refractivity (Wildman–Crippen MR) is 70.2 cm³/mol. The van der Waals surface area contributed by atoms with Gasteiger partial charge in [0, 0.05) is 30.4 Å². The number of anilines is 1. The van der Waals surface area contributed by atoms with E-state index in [0.717, 1.165) is 0 Å². The Kier molecular flexibility index (Phi) is 2.98. The molecule has 1 aromatic heterocycles. The molecule has 0 spiro atoms. The molecule has 0 fully saturated rings. The summed E-state index contributed by atoms with van der Waals surface area (Å²) in [6.07, 6.45) is 2.40. The second kappa shape index (κ2) is 4.80. The summed E-state index contributed by atoms with van der Waals surface area (Å²) in [7, 11) is 0. The number of hydrogen-bond acceptors (Lipinski definition) is 3. The normalized spacial score (nSPS) is 16.4. The fourth-order valence-electron chi connectivity index (χ4n) is 2.09. The van der Waals surface area contributed by atoms with Gasteiger partial charge in [-0.15, -0.1) is 0 Å². The highest BCUT2D eigenvalue weighted by Gasteiger charge is 2.29. The Morgan fingerprint density at radius 2 is 2.25 bits per heavy atom. The lowest BCUT2D eigenvalue weighted by Gasteiger charge is -2.10. The Balaban J connectivity index is 1.75. The number of hydrogen-bond donors (Lipinski definition) is 2. The molecule has 2 aromatic rings. The van der Waals surface area contributed by atoms with E-state index in [-0.39, 0.29) is 23.4 Å². The van der Waals surface area contributed by atoms with Crippen LogP contribution < -0.4 is 15.5 Å². The monoisotopic (exact) mass is 274 g/mol. The van der Waals surface area contributed by atoms with E-state index in [1.54, 1.807) is 0 Å². The third-order valence-corrected chi connectivity index (χ3v) is 3.07. The molecule has 0 saturated heterocycles. The second-order valence-corrected chi connectivity index (χ2v) is 4.47. The third-order valence-electron chi connectivity index (χ3n) is 3.07. The van der Waals surface area contributed by atoms with E-state index in [4.69, 9.17) is 4.74 Å². The van der Waals surface area contributed by atoms with Crippen LogP contribution in [-0.2, 0) is 11.2 Å². The summed E-state index contributed by atoms with van der Waals surface area (Å²) in [4.78, 5) is 26.3. The van der Waals surface area contributed by atoms with E-state index >= 15 is 0 Å². The topological polar surface area (TPSA) is 71.2 Å². The maximum atomic E-state index is 13.1. The maximum absolute atomic E-state index is 13.1. The van der Waals surface area contributed by atoms with Crippen molar-refractivity contribution in [3.8, 4) is 5.75 Å². The minimum absolute atomic E-state index is 0.156. The molecule has 1 aliphatic rings. The van der Waals surface area contributed by atoms with Crippen molar-refractivity contribution < 1.29 is 13.9 Å². The number of ether oxygens (including phenoxy) is 1. The first kappa shape index (κ1) is 12.4. The van der Waals surface area contributed by atoms with Crippen molar-refractivity contribution in [3.05, 3.63) is 58.3 Å². The Bertz CT molecular complexity index is 726. The Labute approximate surface area is 113 Å². The van der Waals surface area contributed by atoms with Crippen LogP contribution in [0.5, 0.6) is 5.75 Å². The van der Waals surface area contributed by atoms with Crippen LogP contribution in [0.4, 0.5) is 10.1 Å². The third kappa shape index (κ3) is 2.27. The van der Waals surface area contributed by atoms with Crippen LogP contribution in [0.2, 0.25) is 0 Å². The van der Waals surface area contributed by atoms with Crippen LogP contribution in [0.1, 0.15) is 5.56 Å².